The fourth-order valence-electron chi connectivity index (χ4n) is 3.97. The molecule has 0 spiro atoms. The molecule has 0 radical (unpaired) electrons. The number of amides is 1. The van der Waals surface area contributed by atoms with E-state index in [4.69, 9.17) is 9.47 Å². The van der Waals surface area contributed by atoms with E-state index in [0.717, 1.165) is 54.0 Å². The van der Waals surface area contributed by atoms with Crippen LogP contribution in [0.5, 0.6) is 0 Å². The highest BCUT2D eigenvalue weighted by atomic mass is 16.7. The van der Waals surface area contributed by atoms with Gasteiger partial charge in [0.15, 0.2) is 5.76 Å². The van der Waals surface area contributed by atoms with Crippen LogP contribution in [0.2, 0.25) is 0 Å². The van der Waals surface area contributed by atoms with Crippen LogP contribution in [0.15, 0.2) is 60.4 Å². The Labute approximate surface area is 182 Å². The van der Waals surface area contributed by atoms with E-state index in [1.54, 1.807) is 0 Å². The Balaban J connectivity index is 1.39. The third-order valence-corrected chi connectivity index (χ3v) is 5.65. The van der Waals surface area contributed by atoms with Crippen molar-refractivity contribution in [2.75, 3.05) is 13.3 Å². The maximum Gasteiger partial charge on any atom is 0.238 e. The van der Waals surface area contributed by atoms with Gasteiger partial charge in [-0.25, -0.2) is 0 Å². The predicted octanol–water partition coefficient (Wildman–Crippen LogP) is 3.30. The van der Waals surface area contributed by atoms with Gasteiger partial charge in [-0.2, -0.15) is 5.26 Å². The van der Waals surface area contributed by atoms with Gasteiger partial charge in [-0.05, 0) is 30.5 Å². The maximum absolute atomic E-state index is 12.4. The fraction of sp³-hybridized carbons (Fsp3) is 0.360. The Morgan fingerprint density at radius 1 is 1.10 bits per heavy atom. The number of hydrogen-bond donors (Lipinski definition) is 2. The summed E-state index contributed by atoms with van der Waals surface area (Å²) in [6.45, 7) is 1.07. The Bertz CT molecular complexity index is 958. The van der Waals surface area contributed by atoms with E-state index in [1.165, 1.54) is 0 Å². The summed E-state index contributed by atoms with van der Waals surface area (Å²) in [6.07, 6.45) is 4.09. The van der Waals surface area contributed by atoms with Crippen molar-refractivity contribution in [2.24, 2.45) is 0 Å². The molecule has 1 fully saturated rings. The zero-order valence-electron chi connectivity index (χ0n) is 17.5. The lowest BCUT2D eigenvalue weighted by molar-refractivity contribution is -0.124. The third-order valence-electron chi connectivity index (χ3n) is 5.65. The molecule has 2 atom stereocenters. The number of carbonyl (C=O) groups excluding carboxylic acids is 1. The van der Waals surface area contributed by atoms with E-state index in [-0.39, 0.29) is 18.7 Å². The molecule has 4 rings (SSSR count). The van der Waals surface area contributed by atoms with Gasteiger partial charge in [0.05, 0.1) is 12.1 Å². The minimum Gasteiger partial charge on any atom is -0.458 e. The second kappa shape index (κ2) is 10.1. The molecule has 0 aliphatic carbocycles. The Kier molecular flexibility index (Phi) is 6.85. The van der Waals surface area contributed by atoms with Crippen molar-refractivity contribution >= 4 is 11.7 Å². The molecular formula is C25H27N3O3. The van der Waals surface area contributed by atoms with Crippen LogP contribution in [-0.2, 0) is 27.1 Å². The Morgan fingerprint density at radius 3 is 2.61 bits per heavy atom. The number of nitriles is 1. The quantitative estimate of drug-likeness (QED) is 0.722. The summed E-state index contributed by atoms with van der Waals surface area (Å²) in [4.78, 5) is 12.4. The molecule has 2 aromatic rings. The van der Waals surface area contributed by atoms with Crippen molar-refractivity contribution in [3.8, 4) is 6.07 Å². The number of carbonyl (C=O) groups is 1. The summed E-state index contributed by atoms with van der Waals surface area (Å²) >= 11 is 0. The minimum atomic E-state index is -0.555. The lowest BCUT2D eigenvalue weighted by Gasteiger charge is -2.23. The van der Waals surface area contributed by atoms with Crippen LogP contribution in [0, 0.1) is 11.3 Å². The molecule has 2 aliphatic heterocycles. The number of piperidine rings is 1. The molecule has 6 nitrogen and oxygen atoms in total. The van der Waals surface area contributed by atoms with Crippen LogP contribution in [0.25, 0.3) is 5.76 Å². The highest BCUT2D eigenvalue weighted by molar-refractivity contribution is 5.82. The van der Waals surface area contributed by atoms with E-state index in [2.05, 4.69) is 28.8 Å². The summed E-state index contributed by atoms with van der Waals surface area (Å²) in [6, 6.07) is 19.5. The van der Waals surface area contributed by atoms with Gasteiger partial charge in [-0.15, -0.1) is 0 Å². The molecule has 160 valence electrons. The zero-order valence-corrected chi connectivity index (χ0v) is 17.5. The van der Waals surface area contributed by atoms with Crippen molar-refractivity contribution in [3.63, 3.8) is 0 Å². The van der Waals surface area contributed by atoms with Crippen molar-refractivity contribution in [2.45, 2.75) is 44.2 Å². The largest absolute Gasteiger partial charge is 0.458 e. The Hall–Kier alpha value is -3.30. The number of nitrogens with one attached hydrogen (secondary N) is 2. The average Bonchev–Trinajstić information content (AvgIpc) is 3.28. The van der Waals surface area contributed by atoms with E-state index in [9.17, 15) is 10.1 Å². The van der Waals surface area contributed by atoms with Gasteiger partial charge < -0.3 is 20.1 Å². The molecule has 0 unspecified atom stereocenters. The summed E-state index contributed by atoms with van der Waals surface area (Å²) in [7, 11) is 0. The Morgan fingerprint density at radius 2 is 1.90 bits per heavy atom. The molecule has 1 saturated heterocycles. The van der Waals surface area contributed by atoms with Gasteiger partial charge in [0, 0.05) is 18.4 Å². The van der Waals surface area contributed by atoms with E-state index >= 15 is 0 Å². The number of hydrogen-bond acceptors (Lipinski definition) is 5. The first-order chi connectivity index (χ1) is 15.2. The molecule has 2 heterocycles. The van der Waals surface area contributed by atoms with Gasteiger partial charge in [-0.3, -0.25) is 4.79 Å². The van der Waals surface area contributed by atoms with E-state index < -0.39 is 6.04 Å². The normalized spacial score (nSPS) is 19.1. The van der Waals surface area contributed by atoms with Crippen molar-refractivity contribution in [1.29, 1.82) is 5.26 Å². The molecule has 0 saturated carbocycles. The van der Waals surface area contributed by atoms with Crippen LogP contribution < -0.4 is 10.6 Å². The maximum atomic E-state index is 12.4. The van der Waals surface area contributed by atoms with Crippen molar-refractivity contribution in [3.05, 3.63) is 77.0 Å². The standard InChI is InChI=1S/C25H27N3O3/c26-16-21(28-25(29)22-8-4-5-13-27-22)14-19-9-11-20(12-10-19)24-23(30-17-31-24)15-18-6-2-1-3-7-18/h1-3,6-7,9-12,21-22,27H,4-5,8,13-15,17H2,(H,28,29)/t21-,22-/m0/s1. The number of benzene rings is 2. The molecule has 2 aliphatic rings. The van der Waals surface area contributed by atoms with Crippen LogP contribution in [0.3, 0.4) is 0 Å². The molecule has 2 aromatic carbocycles. The van der Waals surface area contributed by atoms with Crippen LogP contribution in [0.4, 0.5) is 0 Å². The number of allylic oxidation sites excluding steroid dienone is 1. The summed E-state index contributed by atoms with van der Waals surface area (Å²) in [5, 5.41) is 15.6. The number of nitrogens with zero attached hydrogens (tertiary/aromatic N) is 1. The first-order valence-electron chi connectivity index (χ1n) is 10.8. The SMILES string of the molecule is N#C[C@H](Cc1ccc(C2=C(Cc3ccccc3)OCO2)cc1)NC(=O)[C@@H]1CCCCN1. The number of rotatable bonds is 7. The second-order valence-electron chi connectivity index (χ2n) is 7.92. The first kappa shape index (κ1) is 21.0. The average molecular weight is 418 g/mol. The molecule has 0 aromatic heterocycles. The summed E-state index contributed by atoms with van der Waals surface area (Å²) in [5.41, 5.74) is 3.09. The molecule has 6 heteroatoms. The van der Waals surface area contributed by atoms with Crippen LogP contribution >= 0.6 is 0 Å². The summed E-state index contributed by atoms with van der Waals surface area (Å²) in [5.74, 6) is 1.49. The van der Waals surface area contributed by atoms with Crippen LogP contribution in [-0.4, -0.2) is 31.3 Å². The fourth-order valence-corrected chi connectivity index (χ4v) is 3.97. The highest BCUT2D eigenvalue weighted by Gasteiger charge is 2.23. The monoisotopic (exact) mass is 417 g/mol. The van der Waals surface area contributed by atoms with Gasteiger partial charge in [0.2, 0.25) is 12.7 Å². The minimum absolute atomic E-state index is 0.0879. The van der Waals surface area contributed by atoms with Gasteiger partial charge in [0.1, 0.15) is 11.8 Å². The highest BCUT2D eigenvalue weighted by Crippen LogP contribution is 2.29. The first-order valence-corrected chi connectivity index (χ1v) is 10.8. The topological polar surface area (TPSA) is 83.4 Å². The molecule has 31 heavy (non-hydrogen) atoms. The van der Waals surface area contributed by atoms with Gasteiger partial charge in [-0.1, -0.05) is 61.0 Å². The number of ether oxygens (including phenoxy) is 2. The second-order valence-corrected chi connectivity index (χ2v) is 7.92. The van der Waals surface area contributed by atoms with Crippen LogP contribution in [0.1, 0.15) is 36.0 Å². The van der Waals surface area contributed by atoms with E-state index in [0.29, 0.717) is 12.8 Å². The lowest BCUT2D eigenvalue weighted by Crippen LogP contribution is -2.49. The third kappa shape index (κ3) is 5.44. The molecule has 0 bridgehead atoms. The smallest absolute Gasteiger partial charge is 0.238 e. The molecular weight excluding hydrogens is 390 g/mol. The predicted molar refractivity (Wildman–Crippen MR) is 117 cm³/mol. The van der Waals surface area contributed by atoms with Crippen molar-refractivity contribution < 1.29 is 14.3 Å². The van der Waals surface area contributed by atoms with Crippen molar-refractivity contribution in [1.82, 2.24) is 10.6 Å². The summed E-state index contributed by atoms with van der Waals surface area (Å²) < 4.78 is 11.4. The van der Waals surface area contributed by atoms with E-state index in [1.807, 2.05) is 42.5 Å². The molecule has 1 amide bonds. The lowest BCUT2D eigenvalue weighted by atomic mass is 10.0. The molecule has 2 N–H and O–H groups in total. The van der Waals surface area contributed by atoms with Gasteiger partial charge in [0.25, 0.3) is 0 Å². The van der Waals surface area contributed by atoms with Gasteiger partial charge >= 0.3 is 0 Å². The zero-order chi connectivity index (χ0) is 21.5.